The Kier molecular flexibility index (Phi) is 5.86. The normalized spacial score (nSPS) is 11.9. The fourth-order valence-electron chi connectivity index (χ4n) is 7.60. The van der Waals surface area contributed by atoms with Crippen LogP contribution in [0.2, 0.25) is 0 Å². The molecule has 11 aromatic rings. The minimum absolute atomic E-state index is 0.579. The van der Waals surface area contributed by atoms with Crippen molar-refractivity contribution in [2.75, 3.05) is 0 Å². The van der Waals surface area contributed by atoms with Gasteiger partial charge in [-0.05, 0) is 60.7 Å². The highest BCUT2D eigenvalue weighted by atomic mass is 16.3. The van der Waals surface area contributed by atoms with Gasteiger partial charge in [-0.1, -0.05) is 97.1 Å². The van der Waals surface area contributed by atoms with Gasteiger partial charge in [-0.3, -0.25) is 0 Å². The highest BCUT2D eigenvalue weighted by molar-refractivity contribution is 6.24. The molecule has 238 valence electrons. The second-order valence-corrected chi connectivity index (χ2v) is 12.8. The summed E-state index contributed by atoms with van der Waals surface area (Å²) in [5.74, 6) is 1.76. The van der Waals surface area contributed by atoms with Gasteiger partial charge in [-0.25, -0.2) is 15.0 Å². The maximum Gasteiger partial charge on any atom is 0.164 e. The van der Waals surface area contributed by atoms with Crippen molar-refractivity contribution in [3.63, 3.8) is 0 Å². The van der Waals surface area contributed by atoms with E-state index in [-0.39, 0.29) is 0 Å². The van der Waals surface area contributed by atoms with Crippen LogP contribution in [0.3, 0.4) is 0 Å². The lowest BCUT2D eigenvalue weighted by Gasteiger charge is -2.10. The van der Waals surface area contributed by atoms with Gasteiger partial charge >= 0.3 is 0 Å². The molecule has 6 heteroatoms. The van der Waals surface area contributed by atoms with Crippen molar-refractivity contribution >= 4 is 65.7 Å². The molecule has 0 saturated heterocycles. The van der Waals surface area contributed by atoms with E-state index in [0.29, 0.717) is 17.5 Å². The van der Waals surface area contributed by atoms with Gasteiger partial charge in [0, 0.05) is 49.3 Å². The monoisotopic (exact) mass is 654 g/mol. The van der Waals surface area contributed by atoms with Crippen molar-refractivity contribution in [2.24, 2.45) is 0 Å². The van der Waals surface area contributed by atoms with Gasteiger partial charge in [0.05, 0.1) is 16.4 Å². The molecule has 0 fully saturated rings. The number of para-hydroxylation sites is 3. The lowest BCUT2D eigenvalue weighted by atomic mass is 10.0. The summed E-state index contributed by atoms with van der Waals surface area (Å²) in [6, 6.07) is 53.8. The molecule has 0 aliphatic carbocycles. The van der Waals surface area contributed by atoms with Crippen molar-refractivity contribution in [2.45, 2.75) is 0 Å². The van der Waals surface area contributed by atoms with E-state index in [1.807, 2.05) is 72.8 Å². The quantitative estimate of drug-likeness (QED) is 0.189. The predicted octanol–water partition coefficient (Wildman–Crippen LogP) is 11.8. The molecule has 4 aromatic heterocycles. The standard InChI is InChI=1S/C45H26N4O2/c1-3-12-27(13-4-1)43-46-44(48-45(47-43)33-18-11-21-38-40(33)32-17-8-10-20-36(32)50-38)28-22-24-37-34(26-28)41-39(51-37)25-23-31-30-16-7-9-19-35(30)49(42(31)41)29-14-5-2-6-15-29/h1-26H. The van der Waals surface area contributed by atoms with Crippen LogP contribution in [-0.2, 0) is 0 Å². The third-order valence-electron chi connectivity index (χ3n) is 9.85. The first-order chi connectivity index (χ1) is 25.3. The summed E-state index contributed by atoms with van der Waals surface area (Å²) in [5, 5.41) is 6.42. The molecule has 51 heavy (non-hydrogen) atoms. The summed E-state index contributed by atoms with van der Waals surface area (Å²) in [6.07, 6.45) is 0. The third-order valence-corrected chi connectivity index (χ3v) is 9.85. The van der Waals surface area contributed by atoms with Gasteiger partial charge in [-0.15, -0.1) is 0 Å². The van der Waals surface area contributed by atoms with Gasteiger partial charge in [0.2, 0.25) is 0 Å². The minimum Gasteiger partial charge on any atom is -0.456 e. The number of aromatic nitrogens is 4. The maximum atomic E-state index is 6.53. The summed E-state index contributed by atoms with van der Waals surface area (Å²) >= 11 is 0. The SMILES string of the molecule is c1ccc(-c2nc(-c3ccc4oc5ccc6c7ccccc7n(-c7ccccc7)c6c5c4c3)nc(-c3cccc4oc5ccccc5c34)n2)cc1. The fourth-order valence-corrected chi connectivity index (χ4v) is 7.60. The maximum absolute atomic E-state index is 6.53. The van der Waals surface area contributed by atoms with E-state index in [1.165, 1.54) is 10.8 Å². The molecule has 0 atom stereocenters. The van der Waals surface area contributed by atoms with Crippen LogP contribution in [0.4, 0.5) is 0 Å². The zero-order valence-electron chi connectivity index (χ0n) is 27.1. The fraction of sp³-hybridized carbons (Fsp3) is 0. The molecular formula is C45H26N4O2. The number of rotatable bonds is 4. The predicted molar refractivity (Wildman–Crippen MR) is 205 cm³/mol. The number of benzene rings is 7. The van der Waals surface area contributed by atoms with Crippen LogP contribution >= 0.6 is 0 Å². The first-order valence-corrected chi connectivity index (χ1v) is 16.9. The lowest BCUT2D eigenvalue weighted by Crippen LogP contribution is -2.00. The van der Waals surface area contributed by atoms with E-state index in [4.69, 9.17) is 23.8 Å². The Balaban J connectivity index is 1.19. The highest BCUT2D eigenvalue weighted by Crippen LogP contribution is 2.42. The van der Waals surface area contributed by atoms with Crippen LogP contribution in [0.5, 0.6) is 0 Å². The van der Waals surface area contributed by atoms with E-state index in [2.05, 4.69) is 89.5 Å². The van der Waals surface area contributed by atoms with Crippen LogP contribution in [0.15, 0.2) is 167 Å². The number of furan rings is 2. The van der Waals surface area contributed by atoms with E-state index in [1.54, 1.807) is 0 Å². The van der Waals surface area contributed by atoms with Crippen molar-refractivity contribution in [1.29, 1.82) is 0 Å². The Morgan fingerprint density at radius 2 is 1.02 bits per heavy atom. The number of fused-ring (bicyclic) bond motifs is 10. The molecule has 0 radical (unpaired) electrons. The molecule has 0 aliphatic heterocycles. The van der Waals surface area contributed by atoms with E-state index in [9.17, 15) is 0 Å². The average molecular weight is 655 g/mol. The largest absolute Gasteiger partial charge is 0.456 e. The topological polar surface area (TPSA) is 69.9 Å². The summed E-state index contributed by atoms with van der Waals surface area (Å²) in [5.41, 5.74) is 9.27. The zero-order chi connectivity index (χ0) is 33.5. The van der Waals surface area contributed by atoms with Crippen LogP contribution < -0.4 is 0 Å². The van der Waals surface area contributed by atoms with Crippen LogP contribution in [0.25, 0.3) is 106 Å². The average Bonchev–Trinajstić information content (AvgIpc) is 3.87. The minimum atomic E-state index is 0.579. The number of hydrogen-bond donors (Lipinski definition) is 0. The summed E-state index contributed by atoms with van der Waals surface area (Å²) in [7, 11) is 0. The third kappa shape index (κ3) is 4.20. The summed E-state index contributed by atoms with van der Waals surface area (Å²) in [6.45, 7) is 0. The first-order valence-electron chi connectivity index (χ1n) is 16.9. The van der Waals surface area contributed by atoms with Crippen molar-refractivity contribution in [3.8, 4) is 39.9 Å². The van der Waals surface area contributed by atoms with Gasteiger partial charge < -0.3 is 13.4 Å². The number of nitrogens with zero attached hydrogens (tertiary/aromatic N) is 4. The van der Waals surface area contributed by atoms with Crippen molar-refractivity contribution < 1.29 is 8.83 Å². The van der Waals surface area contributed by atoms with Gasteiger partial charge in [0.1, 0.15) is 22.3 Å². The summed E-state index contributed by atoms with van der Waals surface area (Å²) < 4.78 is 15.1. The molecule has 0 bridgehead atoms. The Morgan fingerprint density at radius 1 is 0.392 bits per heavy atom. The van der Waals surface area contributed by atoms with E-state index >= 15 is 0 Å². The lowest BCUT2D eigenvalue weighted by molar-refractivity contribution is 0.668. The van der Waals surface area contributed by atoms with E-state index < -0.39 is 0 Å². The molecule has 0 N–H and O–H groups in total. The van der Waals surface area contributed by atoms with Crippen LogP contribution in [-0.4, -0.2) is 19.5 Å². The Morgan fingerprint density at radius 3 is 1.86 bits per heavy atom. The second kappa shape index (κ2) is 10.7. The smallest absolute Gasteiger partial charge is 0.164 e. The molecular weight excluding hydrogens is 629 g/mol. The van der Waals surface area contributed by atoms with E-state index in [0.717, 1.165) is 77.3 Å². The first kappa shape index (κ1) is 27.9. The Hall–Kier alpha value is -7.05. The number of hydrogen-bond acceptors (Lipinski definition) is 5. The second-order valence-electron chi connectivity index (χ2n) is 12.8. The van der Waals surface area contributed by atoms with Gasteiger partial charge in [-0.2, -0.15) is 0 Å². The molecule has 7 aromatic carbocycles. The highest BCUT2D eigenvalue weighted by Gasteiger charge is 2.21. The molecule has 11 rings (SSSR count). The molecule has 0 unspecified atom stereocenters. The van der Waals surface area contributed by atoms with Crippen molar-refractivity contribution in [3.05, 3.63) is 158 Å². The molecule has 0 saturated carbocycles. The molecule has 0 aliphatic rings. The molecule has 0 amide bonds. The summed E-state index contributed by atoms with van der Waals surface area (Å²) in [4.78, 5) is 15.3. The molecule has 4 heterocycles. The molecule has 0 spiro atoms. The Bertz CT molecular complexity index is 3140. The zero-order valence-corrected chi connectivity index (χ0v) is 27.1. The molecule has 6 nitrogen and oxygen atoms in total. The van der Waals surface area contributed by atoms with Crippen LogP contribution in [0, 0.1) is 0 Å². The van der Waals surface area contributed by atoms with Gasteiger partial charge in [0.15, 0.2) is 17.5 Å². The van der Waals surface area contributed by atoms with Crippen LogP contribution in [0.1, 0.15) is 0 Å². The van der Waals surface area contributed by atoms with Gasteiger partial charge in [0.25, 0.3) is 0 Å². The van der Waals surface area contributed by atoms with Crippen molar-refractivity contribution in [1.82, 2.24) is 19.5 Å². The Labute approximate surface area is 290 Å².